The van der Waals surface area contributed by atoms with Crippen LogP contribution in [0.2, 0.25) is 0 Å². The SMILES string of the molecule is C[C@@H]1O[C@@H](O[C@H]2CC[C@@]3(C)[C@H](CC[C@@H]4[C@@H]3CC[C@]3(C)[C@H]5CC[C@]43OC(=O)C5)C2)[C@H](OC(=O)c2ccccc2)[C@H](OC(=O)c2ccccc2)[C@H]1OC(=O)c1ccccc1. The largest absolute Gasteiger partial charge is 0.458 e. The predicted molar refractivity (Wildman–Crippen MR) is 211 cm³/mol. The van der Waals surface area contributed by atoms with E-state index in [-0.39, 0.29) is 28.5 Å². The van der Waals surface area contributed by atoms with Gasteiger partial charge in [-0.2, -0.15) is 0 Å². The average Bonchev–Trinajstić information content (AvgIpc) is 3.38. The molecule has 4 saturated carbocycles. The van der Waals surface area contributed by atoms with Gasteiger partial charge in [0.2, 0.25) is 0 Å². The molecule has 2 saturated heterocycles. The van der Waals surface area contributed by atoms with Gasteiger partial charge in [0.25, 0.3) is 0 Å². The highest BCUT2D eigenvalue weighted by Crippen LogP contribution is 2.72. The van der Waals surface area contributed by atoms with Crippen molar-refractivity contribution >= 4 is 23.9 Å². The van der Waals surface area contributed by atoms with E-state index in [1.165, 1.54) is 0 Å². The van der Waals surface area contributed by atoms with Gasteiger partial charge in [0.05, 0.1) is 28.9 Å². The number of hydrogen-bond donors (Lipinski definition) is 0. The minimum Gasteiger partial charge on any atom is -0.458 e. The van der Waals surface area contributed by atoms with E-state index in [2.05, 4.69) is 13.8 Å². The van der Waals surface area contributed by atoms with E-state index in [4.69, 9.17) is 28.4 Å². The van der Waals surface area contributed by atoms with Crippen LogP contribution in [0.1, 0.15) is 116 Å². The number of ether oxygens (including phenoxy) is 6. The van der Waals surface area contributed by atoms with E-state index in [0.29, 0.717) is 46.8 Å². The Hall–Kier alpha value is -4.54. The highest BCUT2D eigenvalue weighted by molar-refractivity contribution is 5.91. The first-order valence-corrected chi connectivity index (χ1v) is 21.3. The van der Waals surface area contributed by atoms with Gasteiger partial charge in [0.1, 0.15) is 5.60 Å². The molecule has 0 radical (unpaired) electrons. The van der Waals surface area contributed by atoms with E-state index in [1.807, 2.05) is 0 Å². The monoisotopic (exact) mass is 790 g/mol. The topological polar surface area (TPSA) is 124 Å². The van der Waals surface area contributed by atoms with Crippen molar-refractivity contribution in [2.45, 2.75) is 127 Å². The Morgan fingerprint density at radius 3 is 1.79 bits per heavy atom. The average molecular weight is 791 g/mol. The zero-order chi connectivity index (χ0) is 40.2. The Labute approximate surface area is 340 Å². The molecule has 4 aliphatic carbocycles. The fourth-order valence-corrected chi connectivity index (χ4v) is 12.4. The van der Waals surface area contributed by atoms with Crippen LogP contribution < -0.4 is 0 Å². The molecule has 2 aliphatic heterocycles. The maximum Gasteiger partial charge on any atom is 0.338 e. The molecule has 6 aliphatic rings. The summed E-state index contributed by atoms with van der Waals surface area (Å²) in [6.45, 7) is 6.60. The summed E-state index contributed by atoms with van der Waals surface area (Å²) in [7, 11) is 0. The van der Waals surface area contributed by atoms with Crippen LogP contribution >= 0.6 is 0 Å². The third kappa shape index (κ3) is 6.64. The van der Waals surface area contributed by atoms with Crippen molar-refractivity contribution in [3.8, 4) is 0 Å². The molecule has 10 heteroatoms. The van der Waals surface area contributed by atoms with Gasteiger partial charge in [-0.3, -0.25) is 4.79 Å². The molecule has 10 nitrogen and oxygen atoms in total. The standard InChI is InChI=1S/C48H54O10/c1-29-39(55-42(50)30-13-7-4-8-14-30)40(56-43(51)31-15-9-5-10-16-31)41(57-44(52)32-17-11-6-12-18-32)45(53-29)54-35-22-24-46(2)33(27-35)19-20-37-36(46)23-25-47(3)34-21-26-48(37,47)58-38(49)28-34/h4-18,29,33-37,39-41,45H,19-28H2,1-3H3/t29-,33+,34-,35-,36-,37+,39-,40+,41+,45-,46-,47+,48-/m0/s1. The second-order valence-corrected chi connectivity index (χ2v) is 18.2. The summed E-state index contributed by atoms with van der Waals surface area (Å²) in [5, 5.41) is 0. The lowest BCUT2D eigenvalue weighted by Crippen LogP contribution is -2.65. The van der Waals surface area contributed by atoms with Crippen LogP contribution in [-0.2, 0) is 33.2 Å². The molecule has 6 fully saturated rings. The zero-order valence-corrected chi connectivity index (χ0v) is 33.6. The van der Waals surface area contributed by atoms with E-state index < -0.39 is 48.6 Å². The lowest BCUT2D eigenvalue weighted by atomic mass is 9.43. The van der Waals surface area contributed by atoms with Gasteiger partial charge in [-0.25, -0.2) is 14.4 Å². The Morgan fingerprint density at radius 2 is 1.19 bits per heavy atom. The van der Waals surface area contributed by atoms with Gasteiger partial charge >= 0.3 is 23.9 Å². The molecule has 2 heterocycles. The van der Waals surface area contributed by atoms with Crippen LogP contribution in [-0.4, -0.2) is 66.3 Å². The quantitative estimate of drug-likeness (QED) is 0.125. The molecule has 13 atom stereocenters. The Morgan fingerprint density at radius 1 is 0.621 bits per heavy atom. The molecule has 58 heavy (non-hydrogen) atoms. The lowest BCUT2D eigenvalue weighted by Gasteiger charge is -2.65. The number of benzene rings is 3. The number of rotatable bonds is 8. The van der Waals surface area contributed by atoms with Crippen molar-refractivity contribution in [3.63, 3.8) is 0 Å². The van der Waals surface area contributed by atoms with Crippen LogP contribution in [0.5, 0.6) is 0 Å². The smallest absolute Gasteiger partial charge is 0.338 e. The maximum absolute atomic E-state index is 13.8. The van der Waals surface area contributed by atoms with Crippen LogP contribution in [0, 0.1) is 34.5 Å². The molecule has 0 amide bonds. The van der Waals surface area contributed by atoms with Crippen molar-refractivity contribution in [2.24, 2.45) is 34.5 Å². The highest BCUT2D eigenvalue weighted by Gasteiger charge is 2.71. The van der Waals surface area contributed by atoms with Gasteiger partial charge in [-0.1, -0.05) is 68.4 Å². The van der Waals surface area contributed by atoms with Gasteiger partial charge in [-0.15, -0.1) is 0 Å². The van der Waals surface area contributed by atoms with Crippen LogP contribution in [0.25, 0.3) is 0 Å². The summed E-state index contributed by atoms with van der Waals surface area (Å²) in [5.74, 6) is -0.344. The number of carbonyl (C=O) groups is 4. The first-order chi connectivity index (χ1) is 28.0. The minimum atomic E-state index is -1.28. The molecular weight excluding hydrogens is 737 g/mol. The van der Waals surface area contributed by atoms with Crippen molar-refractivity contribution < 1.29 is 47.6 Å². The molecular formula is C48H54O10. The fourth-order valence-electron chi connectivity index (χ4n) is 12.4. The molecule has 0 spiro atoms. The second-order valence-electron chi connectivity index (χ2n) is 18.2. The van der Waals surface area contributed by atoms with E-state index >= 15 is 0 Å². The molecule has 306 valence electrons. The molecule has 2 bridgehead atoms. The number of fused-ring (bicyclic) bond motifs is 3. The number of esters is 4. The van der Waals surface area contributed by atoms with Gasteiger partial charge in [0, 0.05) is 17.8 Å². The third-order valence-corrected chi connectivity index (χ3v) is 15.5. The maximum atomic E-state index is 13.8. The molecule has 9 rings (SSSR count). The second kappa shape index (κ2) is 15.2. The van der Waals surface area contributed by atoms with Crippen LogP contribution in [0.3, 0.4) is 0 Å². The van der Waals surface area contributed by atoms with E-state index in [0.717, 1.165) is 57.8 Å². The summed E-state index contributed by atoms with van der Waals surface area (Å²) in [6, 6.07) is 25.7. The first-order valence-electron chi connectivity index (χ1n) is 21.3. The highest BCUT2D eigenvalue weighted by atomic mass is 16.7. The molecule has 0 aromatic heterocycles. The molecule has 3 aromatic carbocycles. The van der Waals surface area contributed by atoms with E-state index in [9.17, 15) is 19.2 Å². The Bertz CT molecular complexity index is 2010. The van der Waals surface area contributed by atoms with Gasteiger partial charge < -0.3 is 28.4 Å². The lowest BCUT2D eigenvalue weighted by molar-refractivity contribution is -0.308. The zero-order valence-electron chi connectivity index (χ0n) is 33.6. The van der Waals surface area contributed by atoms with Crippen molar-refractivity contribution in [3.05, 3.63) is 108 Å². The first kappa shape index (κ1) is 38.9. The number of hydrogen-bond acceptors (Lipinski definition) is 10. The summed E-state index contributed by atoms with van der Waals surface area (Å²) < 4.78 is 38.5. The molecule has 0 N–H and O–H groups in total. The summed E-state index contributed by atoms with van der Waals surface area (Å²) in [6.07, 6.45) is 3.54. The summed E-state index contributed by atoms with van der Waals surface area (Å²) >= 11 is 0. The van der Waals surface area contributed by atoms with Gasteiger partial charge in [-0.05, 0) is 124 Å². The summed E-state index contributed by atoms with van der Waals surface area (Å²) in [5.41, 5.74) is 0.672. The Balaban J connectivity index is 0.987. The molecule has 3 aromatic rings. The predicted octanol–water partition coefficient (Wildman–Crippen LogP) is 8.52. The van der Waals surface area contributed by atoms with Gasteiger partial charge in [0.15, 0.2) is 24.6 Å². The molecule has 0 unspecified atom stereocenters. The van der Waals surface area contributed by atoms with Crippen LogP contribution in [0.4, 0.5) is 0 Å². The van der Waals surface area contributed by atoms with E-state index in [1.54, 1.807) is 97.9 Å². The van der Waals surface area contributed by atoms with Crippen molar-refractivity contribution in [1.82, 2.24) is 0 Å². The minimum absolute atomic E-state index is 0.0148. The fraction of sp³-hybridized carbons (Fsp3) is 0.542. The van der Waals surface area contributed by atoms with Crippen molar-refractivity contribution in [2.75, 3.05) is 0 Å². The normalized spacial score (nSPS) is 38.8. The Kier molecular flexibility index (Phi) is 10.2. The third-order valence-electron chi connectivity index (χ3n) is 15.5. The van der Waals surface area contributed by atoms with Crippen molar-refractivity contribution in [1.29, 1.82) is 0 Å². The van der Waals surface area contributed by atoms with Crippen LogP contribution in [0.15, 0.2) is 91.0 Å². The number of carbonyl (C=O) groups excluding carboxylic acids is 4. The summed E-state index contributed by atoms with van der Waals surface area (Å²) in [4.78, 5) is 54.1.